The smallest absolute Gasteiger partial charge is 0.244 e. The van der Waals surface area contributed by atoms with Gasteiger partial charge in [0.05, 0.1) is 12.5 Å². The van der Waals surface area contributed by atoms with Gasteiger partial charge in [0, 0.05) is 53.9 Å². The lowest BCUT2D eigenvalue weighted by atomic mass is 10.1. The predicted octanol–water partition coefficient (Wildman–Crippen LogP) is 2.62. The van der Waals surface area contributed by atoms with Crippen LogP contribution in [0, 0.1) is 17.2 Å². The quantitative estimate of drug-likeness (QED) is 0.629. The van der Waals surface area contributed by atoms with E-state index in [1.165, 1.54) is 6.08 Å². The number of para-hydroxylation sites is 1. The third-order valence-corrected chi connectivity index (χ3v) is 4.43. The molecule has 5 heteroatoms. The van der Waals surface area contributed by atoms with Crippen molar-refractivity contribution < 1.29 is 9.90 Å². The van der Waals surface area contributed by atoms with Gasteiger partial charge in [0.15, 0.2) is 0 Å². The van der Waals surface area contributed by atoms with Crippen molar-refractivity contribution in [2.24, 2.45) is 5.92 Å². The molecule has 0 spiro atoms. The largest absolute Gasteiger partial charge is 0.396 e. The summed E-state index contributed by atoms with van der Waals surface area (Å²) in [5, 5.41) is 21.9. The fourth-order valence-corrected chi connectivity index (χ4v) is 3.18. The highest BCUT2D eigenvalue weighted by Gasteiger charge is 2.18. The first-order valence-electron chi connectivity index (χ1n) is 8.44. The molecule has 2 aromatic rings. The van der Waals surface area contributed by atoms with Crippen LogP contribution in [0.5, 0.6) is 0 Å². The summed E-state index contributed by atoms with van der Waals surface area (Å²) in [5.41, 5.74) is 2.02. The molecule has 2 N–H and O–H groups in total. The fraction of sp³-hybridized carbons (Fsp3) is 0.300. The van der Waals surface area contributed by atoms with Crippen molar-refractivity contribution in [2.75, 3.05) is 6.61 Å². The number of nitrogens with zero attached hydrogens (tertiary/aromatic N) is 2. The zero-order valence-corrected chi connectivity index (χ0v) is 13.9. The van der Waals surface area contributed by atoms with Gasteiger partial charge in [-0.3, -0.25) is 4.79 Å². The van der Waals surface area contributed by atoms with Gasteiger partial charge in [-0.1, -0.05) is 30.4 Å². The summed E-state index contributed by atoms with van der Waals surface area (Å²) in [7, 11) is 0. The molecule has 1 aromatic carbocycles. The number of nitriles is 1. The third-order valence-electron chi connectivity index (χ3n) is 4.43. The van der Waals surface area contributed by atoms with Gasteiger partial charge in [-0.2, -0.15) is 5.26 Å². The van der Waals surface area contributed by atoms with Crippen molar-refractivity contribution in [3.05, 3.63) is 54.3 Å². The molecule has 0 bridgehead atoms. The molecule has 5 nitrogen and oxygen atoms in total. The molecule has 128 valence electrons. The molecule has 0 aliphatic heterocycles. The number of hydrogen-bond acceptors (Lipinski definition) is 3. The number of aliphatic hydroxyl groups excluding tert-OH is 1. The lowest BCUT2D eigenvalue weighted by Gasteiger charge is -2.10. The maximum Gasteiger partial charge on any atom is 0.244 e. The minimum absolute atomic E-state index is 0.0220. The normalized spacial score (nSPS) is 19.5. The first-order chi connectivity index (χ1) is 12.2. The molecule has 3 rings (SSSR count). The van der Waals surface area contributed by atoms with E-state index in [9.17, 15) is 4.79 Å². The van der Waals surface area contributed by atoms with E-state index in [1.54, 1.807) is 0 Å². The number of amides is 1. The number of nitrogens with one attached hydrogen (secondary N) is 1. The summed E-state index contributed by atoms with van der Waals surface area (Å²) < 4.78 is 2.04. The number of rotatable bonds is 6. The number of carbonyl (C=O) groups excluding carboxylic acids is 1. The highest BCUT2D eigenvalue weighted by molar-refractivity contribution is 5.96. The van der Waals surface area contributed by atoms with Gasteiger partial charge in [-0.15, -0.1) is 0 Å². The molecule has 1 amide bonds. The molecule has 0 fully saturated rings. The number of aliphatic hydroxyl groups is 1. The second-order valence-corrected chi connectivity index (χ2v) is 6.21. The van der Waals surface area contributed by atoms with Crippen LogP contribution in [0.1, 0.15) is 18.4 Å². The van der Waals surface area contributed by atoms with Gasteiger partial charge < -0.3 is 15.0 Å². The first-order valence-corrected chi connectivity index (χ1v) is 8.44. The molecular formula is C20H21N3O2. The van der Waals surface area contributed by atoms with Crippen LogP contribution in [-0.4, -0.2) is 28.2 Å². The second-order valence-electron chi connectivity index (χ2n) is 6.21. The maximum atomic E-state index is 12.1. The summed E-state index contributed by atoms with van der Waals surface area (Å²) in [6.07, 6.45) is 10.4. The van der Waals surface area contributed by atoms with Gasteiger partial charge in [0.2, 0.25) is 5.91 Å². The van der Waals surface area contributed by atoms with E-state index in [0.717, 1.165) is 22.9 Å². The van der Waals surface area contributed by atoms with Gasteiger partial charge in [0.1, 0.15) is 0 Å². The molecule has 25 heavy (non-hydrogen) atoms. The highest BCUT2D eigenvalue weighted by atomic mass is 16.3. The Hall–Kier alpha value is -2.84. The van der Waals surface area contributed by atoms with Crippen LogP contribution >= 0.6 is 0 Å². The van der Waals surface area contributed by atoms with E-state index in [0.29, 0.717) is 13.0 Å². The van der Waals surface area contributed by atoms with Crippen LogP contribution in [0.15, 0.2) is 48.7 Å². The highest BCUT2D eigenvalue weighted by Crippen LogP contribution is 2.23. The zero-order chi connectivity index (χ0) is 17.6. The Morgan fingerprint density at radius 1 is 1.40 bits per heavy atom. The Kier molecular flexibility index (Phi) is 5.32. The summed E-state index contributed by atoms with van der Waals surface area (Å²) >= 11 is 0. The van der Waals surface area contributed by atoms with E-state index >= 15 is 0 Å². The van der Waals surface area contributed by atoms with Crippen molar-refractivity contribution in [1.29, 1.82) is 5.26 Å². The van der Waals surface area contributed by atoms with Gasteiger partial charge in [0.25, 0.3) is 0 Å². The molecule has 0 saturated carbocycles. The van der Waals surface area contributed by atoms with Crippen molar-refractivity contribution >= 4 is 22.9 Å². The lowest BCUT2D eigenvalue weighted by Crippen LogP contribution is -2.31. The van der Waals surface area contributed by atoms with Gasteiger partial charge in [-0.05, 0) is 18.6 Å². The number of carbonyl (C=O) groups is 1. The summed E-state index contributed by atoms with van der Waals surface area (Å²) in [5.74, 6) is -0.0190. The van der Waals surface area contributed by atoms with Crippen molar-refractivity contribution in [3.63, 3.8) is 0 Å². The molecular weight excluding hydrogens is 314 g/mol. The molecule has 1 aliphatic rings. The zero-order valence-electron chi connectivity index (χ0n) is 13.9. The summed E-state index contributed by atoms with van der Waals surface area (Å²) in [6.45, 7) is 0.743. The lowest BCUT2D eigenvalue weighted by molar-refractivity contribution is -0.116. The van der Waals surface area contributed by atoms with Crippen LogP contribution < -0.4 is 5.32 Å². The average molecular weight is 335 g/mol. The monoisotopic (exact) mass is 335 g/mol. The molecule has 2 atom stereocenters. The Morgan fingerprint density at radius 2 is 2.24 bits per heavy atom. The van der Waals surface area contributed by atoms with E-state index in [4.69, 9.17) is 10.4 Å². The van der Waals surface area contributed by atoms with E-state index < -0.39 is 0 Å². The molecule has 1 aromatic heterocycles. The molecule has 0 saturated heterocycles. The van der Waals surface area contributed by atoms with Crippen LogP contribution in [0.25, 0.3) is 17.0 Å². The summed E-state index contributed by atoms with van der Waals surface area (Å²) in [4.78, 5) is 12.1. The SMILES string of the molecule is N#CCCn1cc(/C=C/C(=O)N[C@@H]2C=C[C@H](CO)C2)c2ccccc21. The van der Waals surface area contributed by atoms with Gasteiger partial charge >= 0.3 is 0 Å². The second kappa shape index (κ2) is 7.82. The average Bonchev–Trinajstić information content (AvgIpc) is 3.22. The van der Waals surface area contributed by atoms with E-state index in [-0.39, 0.29) is 24.5 Å². The van der Waals surface area contributed by atoms with Crippen molar-refractivity contribution in [2.45, 2.75) is 25.4 Å². The van der Waals surface area contributed by atoms with Crippen LogP contribution in [0.4, 0.5) is 0 Å². The van der Waals surface area contributed by atoms with Crippen LogP contribution in [-0.2, 0) is 11.3 Å². The van der Waals surface area contributed by atoms with E-state index in [1.807, 2.05) is 53.3 Å². The molecule has 0 unspecified atom stereocenters. The van der Waals surface area contributed by atoms with Crippen LogP contribution in [0.2, 0.25) is 0 Å². The number of hydrogen-bond donors (Lipinski definition) is 2. The third kappa shape index (κ3) is 3.98. The number of benzene rings is 1. The topological polar surface area (TPSA) is 78.0 Å². The van der Waals surface area contributed by atoms with E-state index in [2.05, 4.69) is 11.4 Å². The summed E-state index contributed by atoms with van der Waals surface area (Å²) in [6, 6.07) is 10.1. The van der Waals surface area contributed by atoms with Crippen LogP contribution in [0.3, 0.4) is 0 Å². The predicted molar refractivity (Wildman–Crippen MR) is 97.5 cm³/mol. The standard InChI is InChI=1S/C20H21N3O2/c21-10-3-11-23-13-16(18-4-1-2-5-19(18)23)7-9-20(25)22-17-8-6-15(12-17)14-24/h1-2,4-9,13,15,17,24H,3,11-12,14H2,(H,22,25)/b9-7+/t15-,17+/m0/s1. The first kappa shape index (κ1) is 17.0. The fourth-order valence-electron chi connectivity index (χ4n) is 3.18. The number of fused-ring (bicyclic) bond motifs is 1. The van der Waals surface area contributed by atoms with Gasteiger partial charge in [-0.25, -0.2) is 0 Å². The minimum atomic E-state index is -0.151. The Bertz CT molecular complexity index is 857. The number of aryl methyl sites for hydroxylation is 1. The van der Waals surface area contributed by atoms with Crippen molar-refractivity contribution in [1.82, 2.24) is 9.88 Å². The Balaban J connectivity index is 1.72. The maximum absolute atomic E-state index is 12.1. The number of aromatic nitrogens is 1. The van der Waals surface area contributed by atoms with Crippen molar-refractivity contribution in [3.8, 4) is 6.07 Å². The molecule has 1 heterocycles. The Labute approximate surface area is 146 Å². The minimum Gasteiger partial charge on any atom is -0.396 e. The molecule has 1 aliphatic carbocycles. The molecule has 0 radical (unpaired) electrons. The Morgan fingerprint density at radius 3 is 3.00 bits per heavy atom.